The van der Waals surface area contributed by atoms with Crippen molar-refractivity contribution in [1.82, 2.24) is 4.98 Å². The van der Waals surface area contributed by atoms with Crippen LogP contribution in [0.2, 0.25) is 0 Å². The summed E-state index contributed by atoms with van der Waals surface area (Å²) in [5.74, 6) is 0.0282. The molecule has 0 spiro atoms. The summed E-state index contributed by atoms with van der Waals surface area (Å²) in [6.45, 7) is 0. The molecule has 3 aromatic rings. The molecule has 0 amide bonds. The van der Waals surface area contributed by atoms with E-state index in [2.05, 4.69) is 11.1 Å². The molecule has 2 aromatic carbocycles. The smallest absolute Gasteiger partial charge is 0.345 e. The van der Waals surface area contributed by atoms with Gasteiger partial charge in [-0.05, 0) is 47.5 Å². The molecule has 0 saturated heterocycles. The number of carbonyl (C=O) groups is 1. The first-order valence-corrected chi connectivity index (χ1v) is 6.99. The zero-order chi connectivity index (χ0) is 16.1. The molecule has 23 heavy (non-hydrogen) atoms. The molecule has 1 heterocycles. The second-order valence-corrected chi connectivity index (χ2v) is 4.84. The van der Waals surface area contributed by atoms with E-state index in [1.54, 1.807) is 42.6 Å². The van der Waals surface area contributed by atoms with Gasteiger partial charge in [0.05, 0.1) is 17.2 Å². The summed E-state index contributed by atoms with van der Waals surface area (Å²) in [6, 6.07) is 19.9. The lowest BCUT2D eigenvalue weighted by atomic mass is 10.0. The molecule has 0 aliphatic rings. The summed E-state index contributed by atoms with van der Waals surface area (Å²) in [5.41, 5.74) is 3.00. The number of carbonyl (C=O) groups excluding carboxylic acids is 1. The van der Waals surface area contributed by atoms with Crippen molar-refractivity contribution in [1.29, 1.82) is 5.26 Å². The first-order valence-electron chi connectivity index (χ1n) is 6.99. The average Bonchev–Trinajstić information content (AvgIpc) is 2.63. The van der Waals surface area contributed by atoms with Gasteiger partial charge in [-0.3, -0.25) is 4.98 Å². The van der Waals surface area contributed by atoms with Crippen molar-refractivity contribution in [2.45, 2.75) is 0 Å². The molecule has 0 saturated carbocycles. The van der Waals surface area contributed by atoms with E-state index in [9.17, 15) is 4.79 Å². The molecular weight excluding hydrogens is 288 g/mol. The Balaban J connectivity index is 1.74. The molecule has 0 atom stereocenters. The largest absolute Gasteiger partial charge is 0.423 e. The minimum atomic E-state index is -0.441. The lowest BCUT2D eigenvalue weighted by Crippen LogP contribution is -2.08. The second kappa shape index (κ2) is 6.54. The Morgan fingerprint density at radius 3 is 2.17 bits per heavy atom. The molecule has 0 fully saturated rings. The predicted molar refractivity (Wildman–Crippen MR) is 85.8 cm³/mol. The maximum Gasteiger partial charge on any atom is 0.345 e. The first kappa shape index (κ1) is 14.5. The number of rotatable bonds is 3. The molecule has 0 aliphatic heterocycles. The molecule has 1 aromatic heterocycles. The maximum atomic E-state index is 11.9. The summed E-state index contributed by atoms with van der Waals surface area (Å²) < 4.78 is 5.31. The molecule has 4 heteroatoms. The van der Waals surface area contributed by atoms with Crippen LogP contribution in [0.1, 0.15) is 15.9 Å². The van der Waals surface area contributed by atoms with Crippen molar-refractivity contribution in [3.8, 4) is 22.9 Å². The van der Waals surface area contributed by atoms with Gasteiger partial charge in [-0.1, -0.05) is 24.3 Å². The van der Waals surface area contributed by atoms with Crippen LogP contribution < -0.4 is 4.74 Å². The van der Waals surface area contributed by atoms with Crippen molar-refractivity contribution >= 4 is 5.97 Å². The summed E-state index contributed by atoms with van der Waals surface area (Å²) >= 11 is 0. The van der Waals surface area contributed by atoms with Gasteiger partial charge in [0.15, 0.2) is 0 Å². The normalized spacial score (nSPS) is 9.87. The van der Waals surface area contributed by atoms with E-state index < -0.39 is 5.97 Å². The third-order valence-corrected chi connectivity index (χ3v) is 3.31. The third-order valence-electron chi connectivity index (χ3n) is 3.31. The minimum Gasteiger partial charge on any atom is -0.423 e. The van der Waals surface area contributed by atoms with Gasteiger partial charge in [0.1, 0.15) is 5.75 Å². The number of nitriles is 1. The number of hydrogen-bond acceptors (Lipinski definition) is 4. The summed E-state index contributed by atoms with van der Waals surface area (Å²) in [6.07, 6.45) is 3.07. The van der Waals surface area contributed by atoms with Gasteiger partial charge in [0.25, 0.3) is 0 Å². The van der Waals surface area contributed by atoms with Gasteiger partial charge < -0.3 is 4.74 Å². The predicted octanol–water partition coefficient (Wildman–Crippen LogP) is 3.84. The van der Waals surface area contributed by atoms with Crippen molar-refractivity contribution in [3.05, 3.63) is 84.2 Å². The average molecular weight is 300 g/mol. The SMILES string of the molecule is N#Cc1ccc(-c2ccc(OC(=O)c3cccnc3)cc2)cc1. The van der Waals surface area contributed by atoms with Crippen LogP contribution in [-0.4, -0.2) is 11.0 Å². The molecule has 110 valence electrons. The zero-order valence-corrected chi connectivity index (χ0v) is 12.1. The molecular formula is C19H12N2O2. The minimum absolute atomic E-state index is 0.406. The number of benzene rings is 2. The summed E-state index contributed by atoms with van der Waals surface area (Å²) in [4.78, 5) is 15.8. The van der Waals surface area contributed by atoms with Crippen LogP contribution in [0.4, 0.5) is 0 Å². The Morgan fingerprint density at radius 2 is 1.61 bits per heavy atom. The number of pyridine rings is 1. The number of esters is 1. The van der Waals surface area contributed by atoms with Crippen LogP contribution in [0.25, 0.3) is 11.1 Å². The van der Waals surface area contributed by atoms with E-state index in [0.29, 0.717) is 16.9 Å². The Hall–Kier alpha value is -3.45. The standard InChI is InChI=1S/C19H12N2O2/c20-12-14-3-5-15(6-4-14)16-7-9-18(10-8-16)23-19(22)17-2-1-11-21-13-17/h1-11,13H. The van der Waals surface area contributed by atoms with E-state index in [-0.39, 0.29) is 0 Å². The highest BCUT2D eigenvalue weighted by Gasteiger charge is 2.08. The van der Waals surface area contributed by atoms with Crippen molar-refractivity contribution in [2.24, 2.45) is 0 Å². The number of hydrogen-bond donors (Lipinski definition) is 0. The van der Waals surface area contributed by atoms with Crippen LogP contribution >= 0.6 is 0 Å². The van der Waals surface area contributed by atoms with E-state index >= 15 is 0 Å². The second-order valence-electron chi connectivity index (χ2n) is 4.84. The Labute approximate surface area is 133 Å². The summed E-state index contributed by atoms with van der Waals surface area (Å²) in [7, 11) is 0. The van der Waals surface area contributed by atoms with Gasteiger partial charge >= 0.3 is 5.97 Å². The van der Waals surface area contributed by atoms with E-state index in [0.717, 1.165) is 11.1 Å². The Morgan fingerprint density at radius 1 is 0.957 bits per heavy atom. The van der Waals surface area contributed by atoms with Crippen molar-refractivity contribution < 1.29 is 9.53 Å². The summed E-state index contributed by atoms with van der Waals surface area (Å²) in [5, 5.41) is 8.81. The number of nitrogens with zero attached hydrogens (tertiary/aromatic N) is 2. The number of ether oxygens (including phenoxy) is 1. The molecule has 0 N–H and O–H groups in total. The Kier molecular flexibility index (Phi) is 4.12. The lowest BCUT2D eigenvalue weighted by molar-refractivity contribution is 0.0734. The van der Waals surface area contributed by atoms with Gasteiger partial charge in [0.2, 0.25) is 0 Å². The highest BCUT2D eigenvalue weighted by atomic mass is 16.5. The maximum absolute atomic E-state index is 11.9. The van der Waals surface area contributed by atoms with Crippen LogP contribution in [0.5, 0.6) is 5.75 Å². The number of aromatic nitrogens is 1. The molecule has 0 radical (unpaired) electrons. The van der Waals surface area contributed by atoms with Crippen LogP contribution in [0.15, 0.2) is 73.1 Å². The van der Waals surface area contributed by atoms with Crippen LogP contribution in [0.3, 0.4) is 0 Å². The molecule has 0 bridgehead atoms. The molecule has 4 nitrogen and oxygen atoms in total. The lowest BCUT2D eigenvalue weighted by Gasteiger charge is -2.06. The molecule has 0 unspecified atom stereocenters. The monoisotopic (exact) mass is 300 g/mol. The van der Waals surface area contributed by atoms with Gasteiger partial charge in [-0.25, -0.2) is 4.79 Å². The highest BCUT2D eigenvalue weighted by Crippen LogP contribution is 2.23. The fraction of sp³-hybridized carbons (Fsp3) is 0. The third kappa shape index (κ3) is 3.42. The van der Waals surface area contributed by atoms with Gasteiger partial charge in [0, 0.05) is 12.4 Å². The quantitative estimate of drug-likeness (QED) is 0.544. The van der Waals surface area contributed by atoms with E-state index in [1.807, 2.05) is 24.3 Å². The van der Waals surface area contributed by atoms with Crippen LogP contribution in [-0.2, 0) is 0 Å². The molecule has 0 aliphatic carbocycles. The molecule has 3 rings (SSSR count). The zero-order valence-electron chi connectivity index (χ0n) is 12.1. The van der Waals surface area contributed by atoms with Gasteiger partial charge in [-0.15, -0.1) is 0 Å². The van der Waals surface area contributed by atoms with Gasteiger partial charge in [-0.2, -0.15) is 5.26 Å². The fourth-order valence-corrected chi connectivity index (χ4v) is 2.10. The van der Waals surface area contributed by atoms with E-state index in [1.165, 1.54) is 6.20 Å². The van der Waals surface area contributed by atoms with Crippen LogP contribution in [0, 0.1) is 11.3 Å². The van der Waals surface area contributed by atoms with Crippen molar-refractivity contribution in [2.75, 3.05) is 0 Å². The van der Waals surface area contributed by atoms with E-state index in [4.69, 9.17) is 10.00 Å². The first-order chi connectivity index (χ1) is 11.3. The Bertz CT molecular complexity index is 849. The topological polar surface area (TPSA) is 63.0 Å². The highest BCUT2D eigenvalue weighted by molar-refractivity contribution is 5.90. The van der Waals surface area contributed by atoms with Crippen molar-refractivity contribution in [3.63, 3.8) is 0 Å². The fourth-order valence-electron chi connectivity index (χ4n) is 2.10.